The molecular formula is C13H8O8. The van der Waals surface area contributed by atoms with E-state index in [0.717, 1.165) is 6.07 Å². The monoisotopic (exact) mass is 292 g/mol. The summed E-state index contributed by atoms with van der Waals surface area (Å²) < 4.78 is 4.80. The Bertz CT molecular complexity index is 876. The predicted molar refractivity (Wildman–Crippen MR) is 66.8 cm³/mol. The normalized spacial score (nSPS) is 17.1. The smallest absolute Gasteiger partial charge is 0.344 e. The Balaban J connectivity index is 2.56. The Morgan fingerprint density at radius 2 is 1.86 bits per heavy atom. The molecule has 108 valence electrons. The molecule has 0 radical (unpaired) electrons. The van der Waals surface area contributed by atoms with Gasteiger partial charge < -0.3 is 24.8 Å². The van der Waals surface area contributed by atoms with Crippen molar-refractivity contribution in [3.8, 4) is 17.2 Å². The summed E-state index contributed by atoms with van der Waals surface area (Å²) in [6.45, 7) is 0. The molecule has 1 aromatic carbocycles. The molecular weight excluding hydrogens is 284 g/mol. The average Bonchev–Trinajstić information content (AvgIpc) is 2.74. The van der Waals surface area contributed by atoms with Crippen molar-refractivity contribution < 1.29 is 34.4 Å². The number of aliphatic carboxylic acids is 1. The van der Waals surface area contributed by atoms with Gasteiger partial charge in [0.2, 0.25) is 5.75 Å². The molecule has 21 heavy (non-hydrogen) atoms. The molecule has 1 atom stereocenters. The number of hydrogen-bond acceptors (Lipinski definition) is 7. The number of Topliss-reactive ketones (excluding diaryl/α,β-unsaturated/α-hetero) is 1. The van der Waals surface area contributed by atoms with Gasteiger partial charge in [0.1, 0.15) is 0 Å². The van der Waals surface area contributed by atoms with Gasteiger partial charge >= 0.3 is 11.6 Å². The fourth-order valence-electron chi connectivity index (χ4n) is 2.52. The van der Waals surface area contributed by atoms with Crippen LogP contribution >= 0.6 is 0 Å². The minimum Gasteiger partial charge on any atom is -0.504 e. The molecule has 1 aliphatic carbocycles. The minimum atomic E-state index is -1.33. The van der Waals surface area contributed by atoms with Gasteiger partial charge in [0.25, 0.3) is 0 Å². The van der Waals surface area contributed by atoms with Crippen LogP contribution in [0.5, 0.6) is 17.2 Å². The molecule has 0 spiro atoms. The van der Waals surface area contributed by atoms with Crippen LogP contribution in [0.1, 0.15) is 28.5 Å². The van der Waals surface area contributed by atoms with Gasteiger partial charge in [0.15, 0.2) is 23.0 Å². The van der Waals surface area contributed by atoms with Gasteiger partial charge in [-0.2, -0.15) is 0 Å². The van der Waals surface area contributed by atoms with E-state index in [2.05, 4.69) is 0 Å². The first kappa shape index (κ1) is 13.0. The largest absolute Gasteiger partial charge is 0.504 e. The molecule has 0 fully saturated rings. The van der Waals surface area contributed by atoms with Crippen LogP contribution in [0.25, 0.3) is 10.8 Å². The van der Waals surface area contributed by atoms with E-state index in [1.54, 1.807) is 0 Å². The SMILES string of the molecule is O=C1C[C@H](C(=O)O)c2c1oc(=O)c1cc(O)c(O)c(O)c21. The van der Waals surface area contributed by atoms with Crippen LogP contribution in [0, 0.1) is 0 Å². The number of phenols is 3. The molecule has 8 nitrogen and oxygen atoms in total. The van der Waals surface area contributed by atoms with Crippen molar-refractivity contribution in [3.63, 3.8) is 0 Å². The van der Waals surface area contributed by atoms with Crippen molar-refractivity contribution in [2.75, 3.05) is 0 Å². The first-order valence-electron chi connectivity index (χ1n) is 5.83. The fraction of sp³-hybridized carbons (Fsp3) is 0.154. The van der Waals surface area contributed by atoms with E-state index in [4.69, 9.17) is 9.52 Å². The molecule has 0 aliphatic heterocycles. The summed E-state index contributed by atoms with van der Waals surface area (Å²) in [5, 5.41) is 37.4. The Labute approximate surface area is 115 Å². The van der Waals surface area contributed by atoms with Crippen molar-refractivity contribution in [2.45, 2.75) is 12.3 Å². The van der Waals surface area contributed by atoms with Gasteiger partial charge in [-0.3, -0.25) is 9.59 Å². The van der Waals surface area contributed by atoms with Crippen molar-refractivity contribution in [2.24, 2.45) is 0 Å². The second-order valence-corrected chi connectivity index (χ2v) is 4.67. The van der Waals surface area contributed by atoms with E-state index in [0.29, 0.717) is 0 Å². The summed E-state index contributed by atoms with van der Waals surface area (Å²) in [7, 11) is 0. The first-order valence-corrected chi connectivity index (χ1v) is 5.83. The number of carboxylic acid groups (broad SMARTS) is 1. The van der Waals surface area contributed by atoms with Gasteiger partial charge in [-0.05, 0) is 6.07 Å². The maximum Gasteiger partial charge on any atom is 0.344 e. The highest BCUT2D eigenvalue weighted by Crippen LogP contribution is 2.46. The zero-order valence-electron chi connectivity index (χ0n) is 10.3. The summed E-state index contributed by atoms with van der Waals surface area (Å²) in [4.78, 5) is 34.8. The van der Waals surface area contributed by atoms with Crippen LogP contribution in [0.4, 0.5) is 0 Å². The number of benzene rings is 1. The number of fused-ring (bicyclic) bond motifs is 3. The summed E-state index contributed by atoms with van der Waals surface area (Å²) in [6, 6.07) is 0.845. The Morgan fingerprint density at radius 1 is 1.19 bits per heavy atom. The molecule has 1 aliphatic rings. The third-order valence-corrected chi connectivity index (χ3v) is 3.47. The summed E-state index contributed by atoms with van der Waals surface area (Å²) in [5.41, 5.74) is -1.19. The summed E-state index contributed by atoms with van der Waals surface area (Å²) >= 11 is 0. The first-order chi connectivity index (χ1) is 9.82. The van der Waals surface area contributed by atoms with E-state index >= 15 is 0 Å². The molecule has 3 rings (SSSR count). The number of carboxylic acids is 1. The lowest BCUT2D eigenvalue weighted by molar-refractivity contribution is -0.138. The van der Waals surface area contributed by atoms with Gasteiger partial charge in [-0.25, -0.2) is 4.79 Å². The summed E-state index contributed by atoms with van der Waals surface area (Å²) in [6.07, 6.45) is -0.409. The predicted octanol–water partition coefficient (Wildman–Crippen LogP) is 0.664. The van der Waals surface area contributed by atoms with Crippen molar-refractivity contribution in [3.05, 3.63) is 27.8 Å². The van der Waals surface area contributed by atoms with Gasteiger partial charge in [-0.15, -0.1) is 0 Å². The quantitative estimate of drug-likeness (QED) is 0.561. The number of phenolic OH excluding ortho intramolecular Hbond substituents is 3. The number of aromatic hydroxyl groups is 3. The lowest BCUT2D eigenvalue weighted by Gasteiger charge is -2.11. The summed E-state index contributed by atoms with van der Waals surface area (Å²) in [5.74, 6) is -6.28. The Kier molecular flexibility index (Phi) is 2.46. The van der Waals surface area contributed by atoms with E-state index in [9.17, 15) is 29.7 Å². The van der Waals surface area contributed by atoms with Crippen LogP contribution in [0.15, 0.2) is 15.3 Å². The highest BCUT2D eigenvalue weighted by Gasteiger charge is 2.40. The lowest BCUT2D eigenvalue weighted by Crippen LogP contribution is -2.10. The van der Waals surface area contributed by atoms with Crippen LogP contribution in [0.3, 0.4) is 0 Å². The molecule has 1 heterocycles. The highest BCUT2D eigenvalue weighted by molar-refractivity contribution is 6.10. The zero-order chi connectivity index (χ0) is 15.5. The zero-order valence-corrected chi connectivity index (χ0v) is 10.3. The number of hydrogen-bond donors (Lipinski definition) is 4. The van der Waals surface area contributed by atoms with Gasteiger partial charge in [-0.1, -0.05) is 0 Å². The third kappa shape index (κ3) is 1.59. The number of carbonyl (C=O) groups excluding carboxylic acids is 1. The van der Waals surface area contributed by atoms with E-state index < -0.39 is 52.7 Å². The van der Waals surface area contributed by atoms with Crippen LogP contribution in [-0.4, -0.2) is 32.2 Å². The Hall–Kier alpha value is -3.03. The molecule has 0 unspecified atom stereocenters. The highest BCUT2D eigenvalue weighted by atomic mass is 16.4. The van der Waals surface area contributed by atoms with Crippen LogP contribution < -0.4 is 5.63 Å². The average molecular weight is 292 g/mol. The van der Waals surface area contributed by atoms with Crippen molar-refractivity contribution >= 4 is 22.5 Å². The topological polar surface area (TPSA) is 145 Å². The minimum absolute atomic E-state index is 0.171. The van der Waals surface area contributed by atoms with Gasteiger partial charge in [0, 0.05) is 17.4 Å². The molecule has 0 saturated heterocycles. The number of rotatable bonds is 1. The molecule has 4 N–H and O–H groups in total. The van der Waals surface area contributed by atoms with E-state index in [1.807, 2.05) is 0 Å². The van der Waals surface area contributed by atoms with E-state index in [1.165, 1.54) is 0 Å². The molecule has 0 amide bonds. The second kappa shape index (κ2) is 3.98. The molecule has 0 saturated carbocycles. The maximum atomic E-state index is 11.8. The van der Waals surface area contributed by atoms with Crippen molar-refractivity contribution in [1.29, 1.82) is 0 Å². The molecule has 1 aromatic heterocycles. The standard InChI is InChI=1S/C13H8O8/c14-5-2-4-7(10(17)9(5)16)8-3(12(18)19)1-6(15)11(8)21-13(4)20/h2-3,14,16-17H,1H2,(H,18,19)/t3-/m0/s1. The van der Waals surface area contributed by atoms with Gasteiger partial charge in [0.05, 0.1) is 11.3 Å². The van der Waals surface area contributed by atoms with Crippen LogP contribution in [-0.2, 0) is 4.79 Å². The fourth-order valence-corrected chi connectivity index (χ4v) is 2.52. The lowest BCUT2D eigenvalue weighted by atomic mass is 9.96. The third-order valence-electron chi connectivity index (χ3n) is 3.47. The number of carbonyl (C=O) groups is 2. The maximum absolute atomic E-state index is 11.8. The second-order valence-electron chi connectivity index (χ2n) is 4.67. The molecule has 2 aromatic rings. The van der Waals surface area contributed by atoms with Crippen LogP contribution in [0.2, 0.25) is 0 Å². The molecule has 8 heteroatoms. The van der Waals surface area contributed by atoms with Crippen molar-refractivity contribution in [1.82, 2.24) is 0 Å². The Morgan fingerprint density at radius 3 is 2.48 bits per heavy atom. The number of ketones is 1. The molecule has 0 bridgehead atoms. The van der Waals surface area contributed by atoms with E-state index in [-0.39, 0.29) is 16.3 Å².